The first-order valence-corrected chi connectivity index (χ1v) is 13.5. The first-order chi connectivity index (χ1) is 17.5. The first kappa shape index (κ1) is 21.5. The van der Waals surface area contributed by atoms with Gasteiger partial charge in [-0.3, -0.25) is 0 Å². The molecule has 1 aromatic heterocycles. The lowest BCUT2D eigenvalue weighted by Gasteiger charge is -2.23. The molecule has 1 heterocycles. The third-order valence-corrected chi connectivity index (χ3v) is 9.12. The molecule has 1 nitrogen and oxygen atoms in total. The molecule has 0 radical (unpaired) electrons. The normalized spacial score (nSPS) is 12.4. The minimum absolute atomic E-state index is 0.193. The standard InChI is InChI=1S/C34H27NS/c1-4-34(2,3)24-15-9-21(10-16-24)25-17-11-22-13-19-27-28(33-35-29-7-5-6-8-30(29)36-33)20-14-23-12-18-26(25)31(22)32(23)27/h5-20H,4H2,1-3H3. The van der Waals surface area contributed by atoms with E-state index in [9.17, 15) is 0 Å². The van der Waals surface area contributed by atoms with Gasteiger partial charge in [0, 0.05) is 5.56 Å². The van der Waals surface area contributed by atoms with Crippen LogP contribution in [0.25, 0.3) is 64.2 Å². The maximum atomic E-state index is 4.98. The molecule has 2 heteroatoms. The quantitative estimate of drug-likeness (QED) is 0.228. The van der Waals surface area contributed by atoms with Gasteiger partial charge in [-0.15, -0.1) is 11.3 Å². The van der Waals surface area contributed by atoms with Crippen molar-refractivity contribution in [1.29, 1.82) is 0 Å². The van der Waals surface area contributed by atoms with Crippen molar-refractivity contribution in [3.63, 3.8) is 0 Å². The van der Waals surface area contributed by atoms with E-state index in [2.05, 4.69) is 118 Å². The number of para-hydroxylation sites is 1. The highest BCUT2D eigenvalue weighted by atomic mass is 32.1. The lowest BCUT2D eigenvalue weighted by atomic mass is 9.81. The Morgan fingerprint density at radius 2 is 1.28 bits per heavy atom. The Hall–Kier alpha value is -3.75. The summed E-state index contributed by atoms with van der Waals surface area (Å²) in [5.74, 6) is 0. The summed E-state index contributed by atoms with van der Waals surface area (Å²) in [5.41, 5.74) is 6.44. The van der Waals surface area contributed by atoms with Crippen LogP contribution < -0.4 is 0 Å². The van der Waals surface area contributed by atoms with Crippen molar-refractivity contribution in [3.8, 4) is 21.7 Å². The molecular formula is C34H27NS. The minimum Gasteiger partial charge on any atom is -0.236 e. The molecule has 7 aromatic rings. The Bertz CT molecular complexity index is 1860. The van der Waals surface area contributed by atoms with Crippen LogP contribution in [0.5, 0.6) is 0 Å². The second-order valence-electron chi connectivity index (χ2n) is 10.5. The number of nitrogens with zero attached hydrogens (tertiary/aromatic N) is 1. The lowest BCUT2D eigenvalue weighted by molar-refractivity contribution is 0.506. The topological polar surface area (TPSA) is 12.9 Å². The van der Waals surface area contributed by atoms with Gasteiger partial charge in [-0.1, -0.05) is 106 Å². The zero-order valence-corrected chi connectivity index (χ0v) is 21.6. The average molecular weight is 482 g/mol. The Morgan fingerprint density at radius 3 is 1.94 bits per heavy atom. The van der Waals surface area contributed by atoms with Crippen molar-refractivity contribution in [1.82, 2.24) is 4.98 Å². The van der Waals surface area contributed by atoms with Crippen molar-refractivity contribution in [2.45, 2.75) is 32.6 Å². The second kappa shape index (κ2) is 7.88. The van der Waals surface area contributed by atoms with E-state index in [1.54, 1.807) is 11.3 Å². The van der Waals surface area contributed by atoms with E-state index in [0.29, 0.717) is 0 Å². The fourth-order valence-corrected chi connectivity index (χ4v) is 6.54. The van der Waals surface area contributed by atoms with Gasteiger partial charge in [0.25, 0.3) is 0 Å². The molecule has 0 aliphatic heterocycles. The monoisotopic (exact) mass is 481 g/mol. The zero-order chi connectivity index (χ0) is 24.4. The molecule has 0 unspecified atom stereocenters. The van der Waals surface area contributed by atoms with E-state index < -0.39 is 0 Å². The summed E-state index contributed by atoms with van der Waals surface area (Å²) < 4.78 is 1.23. The highest BCUT2D eigenvalue weighted by Gasteiger charge is 2.19. The molecule has 0 spiro atoms. The van der Waals surface area contributed by atoms with Gasteiger partial charge >= 0.3 is 0 Å². The van der Waals surface area contributed by atoms with E-state index in [1.807, 2.05) is 0 Å². The van der Waals surface area contributed by atoms with Crippen LogP contribution in [0.15, 0.2) is 97.1 Å². The highest BCUT2D eigenvalue weighted by molar-refractivity contribution is 7.21. The van der Waals surface area contributed by atoms with Gasteiger partial charge in [-0.2, -0.15) is 0 Å². The number of fused-ring (bicyclic) bond motifs is 1. The summed E-state index contributed by atoms with van der Waals surface area (Å²) in [4.78, 5) is 4.98. The van der Waals surface area contributed by atoms with Gasteiger partial charge in [0.05, 0.1) is 10.2 Å². The van der Waals surface area contributed by atoms with Crippen molar-refractivity contribution < 1.29 is 0 Å². The predicted molar refractivity (Wildman–Crippen MR) is 158 cm³/mol. The summed E-state index contributed by atoms with van der Waals surface area (Å²) in [6.07, 6.45) is 1.13. The molecule has 0 aliphatic carbocycles. The van der Waals surface area contributed by atoms with Crippen molar-refractivity contribution in [2.75, 3.05) is 0 Å². The van der Waals surface area contributed by atoms with Crippen LogP contribution in [0.3, 0.4) is 0 Å². The maximum absolute atomic E-state index is 4.98. The zero-order valence-electron chi connectivity index (χ0n) is 20.8. The number of hydrogen-bond donors (Lipinski definition) is 0. The fourth-order valence-electron chi connectivity index (χ4n) is 5.53. The molecule has 0 aliphatic rings. The summed E-state index contributed by atoms with van der Waals surface area (Å²) in [6.45, 7) is 6.90. The van der Waals surface area contributed by atoms with E-state index in [-0.39, 0.29) is 5.41 Å². The van der Waals surface area contributed by atoms with Gasteiger partial charge in [0.2, 0.25) is 0 Å². The number of benzene rings is 6. The van der Waals surface area contributed by atoms with Gasteiger partial charge in [-0.25, -0.2) is 4.98 Å². The molecule has 36 heavy (non-hydrogen) atoms. The smallest absolute Gasteiger partial charge is 0.125 e. The van der Waals surface area contributed by atoms with Crippen molar-refractivity contribution >= 4 is 53.9 Å². The Kier molecular flexibility index (Phi) is 4.71. The number of rotatable bonds is 4. The molecule has 0 atom stereocenters. The molecule has 6 aromatic carbocycles. The molecule has 0 amide bonds. The van der Waals surface area contributed by atoms with E-state index >= 15 is 0 Å². The van der Waals surface area contributed by atoms with Crippen LogP contribution in [0, 0.1) is 0 Å². The summed E-state index contributed by atoms with van der Waals surface area (Å²) in [5, 5.41) is 8.94. The Morgan fingerprint density at radius 1 is 0.667 bits per heavy atom. The van der Waals surface area contributed by atoms with E-state index in [1.165, 1.54) is 59.3 Å². The highest BCUT2D eigenvalue weighted by Crippen LogP contribution is 2.43. The van der Waals surface area contributed by atoms with Gasteiger partial charge in [-0.05, 0) is 73.0 Å². The molecule has 0 fully saturated rings. The van der Waals surface area contributed by atoms with Crippen LogP contribution in [-0.4, -0.2) is 4.98 Å². The lowest BCUT2D eigenvalue weighted by Crippen LogP contribution is -2.14. The van der Waals surface area contributed by atoms with Crippen LogP contribution in [0.2, 0.25) is 0 Å². The summed E-state index contributed by atoms with van der Waals surface area (Å²) in [6, 6.07) is 35.8. The SMILES string of the molecule is CCC(C)(C)c1ccc(-c2ccc3ccc4c(-c5nc6ccccc6s5)ccc5ccc2c3c54)cc1. The minimum atomic E-state index is 0.193. The molecule has 174 valence electrons. The van der Waals surface area contributed by atoms with Gasteiger partial charge in [0.15, 0.2) is 0 Å². The van der Waals surface area contributed by atoms with Crippen LogP contribution in [0.1, 0.15) is 32.8 Å². The largest absolute Gasteiger partial charge is 0.236 e. The third kappa shape index (κ3) is 3.18. The van der Waals surface area contributed by atoms with E-state index in [0.717, 1.165) is 16.9 Å². The number of thiazole rings is 1. The summed E-state index contributed by atoms with van der Waals surface area (Å²) in [7, 11) is 0. The predicted octanol–water partition coefficient (Wildman–Crippen LogP) is 10.2. The fraction of sp³-hybridized carbons (Fsp3) is 0.147. The second-order valence-corrected chi connectivity index (χ2v) is 11.5. The molecular weight excluding hydrogens is 454 g/mol. The average Bonchev–Trinajstić information content (AvgIpc) is 3.35. The Labute approximate surface area is 215 Å². The van der Waals surface area contributed by atoms with Gasteiger partial charge < -0.3 is 0 Å². The summed E-state index contributed by atoms with van der Waals surface area (Å²) >= 11 is 1.77. The van der Waals surface area contributed by atoms with E-state index in [4.69, 9.17) is 4.98 Å². The molecule has 7 rings (SSSR count). The number of hydrogen-bond acceptors (Lipinski definition) is 2. The maximum Gasteiger partial charge on any atom is 0.125 e. The molecule has 0 N–H and O–H groups in total. The molecule has 0 saturated carbocycles. The first-order valence-electron chi connectivity index (χ1n) is 12.7. The van der Waals surface area contributed by atoms with Crippen molar-refractivity contribution in [3.05, 3.63) is 103 Å². The van der Waals surface area contributed by atoms with Crippen LogP contribution in [0.4, 0.5) is 0 Å². The van der Waals surface area contributed by atoms with Crippen LogP contribution >= 0.6 is 11.3 Å². The Balaban J connectivity index is 1.46. The van der Waals surface area contributed by atoms with Crippen molar-refractivity contribution in [2.24, 2.45) is 0 Å². The van der Waals surface area contributed by atoms with Crippen LogP contribution in [-0.2, 0) is 5.41 Å². The van der Waals surface area contributed by atoms with Gasteiger partial charge in [0.1, 0.15) is 5.01 Å². The molecule has 0 saturated heterocycles. The molecule has 0 bridgehead atoms. The number of aromatic nitrogens is 1. The third-order valence-electron chi connectivity index (χ3n) is 8.05.